The molecule has 8 unspecified atom stereocenters. The van der Waals surface area contributed by atoms with Crippen molar-refractivity contribution in [2.75, 3.05) is 39.6 Å². The van der Waals surface area contributed by atoms with E-state index in [1.165, 1.54) is 25.7 Å². The molecule has 8 aliphatic carbocycles. The second kappa shape index (κ2) is 21.5. The van der Waals surface area contributed by atoms with E-state index in [2.05, 4.69) is 0 Å². The van der Waals surface area contributed by atoms with Gasteiger partial charge in [0.1, 0.15) is 48.8 Å². The zero-order valence-corrected chi connectivity index (χ0v) is 44.5. The third kappa shape index (κ3) is 11.6. The second-order valence-corrected chi connectivity index (χ2v) is 25.6. The molecule has 0 aromatic heterocycles. The molecule has 73 heavy (non-hydrogen) atoms. The number of hydrogen-bond acceptors (Lipinski definition) is 17. The maximum atomic E-state index is 14.0. The summed E-state index contributed by atoms with van der Waals surface area (Å²) in [6, 6.07) is 0. The summed E-state index contributed by atoms with van der Waals surface area (Å²) in [5.41, 5.74) is -0.460. The molecule has 0 radical (unpaired) electrons. The number of aliphatic hydroxyl groups excluding tert-OH is 3. The van der Waals surface area contributed by atoms with Crippen LogP contribution in [-0.4, -0.2) is 157 Å². The Labute approximate surface area is 433 Å². The number of hydrogen-bond donors (Lipinski definition) is 3. The topological polar surface area (TPSA) is 198 Å². The van der Waals surface area contributed by atoms with Gasteiger partial charge in [-0.1, -0.05) is 25.7 Å². The smallest absolute Gasteiger partial charge is 0.312 e. The summed E-state index contributed by atoms with van der Waals surface area (Å²) in [6.45, 7) is 9.89. The van der Waals surface area contributed by atoms with Crippen molar-refractivity contribution in [2.45, 2.75) is 284 Å². The van der Waals surface area contributed by atoms with Crippen LogP contribution in [0.3, 0.4) is 0 Å². The minimum absolute atomic E-state index is 0.102. The zero-order valence-electron chi connectivity index (χ0n) is 44.5. The van der Waals surface area contributed by atoms with Crippen LogP contribution < -0.4 is 0 Å². The van der Waals surface area contributed by atoms with E-state index in [0.717, 1.165) is 135 Å². The minimum atomic E-state index is -0.719. The Balaban J connectivity index is 0.000000129. The van der Waals surface area contributed by atoms with Crippen LogP contribution >= 0.6 is 0 Å². The number of carbonyl (C=O) groups is 1. The SMILES string of the molecule is CC1(C)OCC(C(O)C2COC(C)(C)O2)O1.O=C(OC(C1COC2(CCCCC2)O1)C1COC2(CCCCC2)O1)C12CC3CC(C1)C(O)C(C3)C2.OC(C1COC2(CCCCC2)O1)C1COC2(CCCCC2)O1. The average Bonchev–Trinajstić information content (AvgIpc) is 4.27. The molecule has 17 heteroatoms. The predicted octanol–water partition coefficient (Wildman–Crippen LogP) is 7.39. The fourth-order valence-electron chi connectivity index (χ4n) is 15.5. The summed E-state index contributed by atoms with van der Waals surface area (Å²) in [4.78, 5) is 14.0. The van der Waals surface area contributed by atoms with Gasteiger partial charge in [-0.25, -0.2) is 0 Å². The molecule has 6 heterocycles. The molecule has 17 nitrogen and oxygen atoms in total. The van der Waals surface area contributed by atoms with Gasteiger partial charge >= 0.3 is 5.97 Å². The highest BCUT2D eigenvalue weighted by atomic mass is 16.8. The van der Waals surface area contributed by atoms with Crippen LogP contribution in [0.15, 0.2) is 0 Å². The zero-order chi connectivity index (χ0) is 50.7. The van der Waals surface area contributed by atoms with Gasteiger partial charge in [0, 0.05) is 51.4 Å². The van der Waals surface area contributed by atoms with Crippen molar-refractivity contribution in [2.24, 2.45) is 23.2 Å². The van der Waals surface area contributed by atoms with E-state index < -0.39 is 58.4 Å². The van der Waals surface area contributed by atoms with Crippen LogP contribution in [0.4, 0.5) is 0 Å². The first-order valence-electron chi connectivity index (χ1n) is 29.1. The number of aliphatic hydroxyl groups is 3. The molecular weight excluding hydrogens is 945 g/mol. The lowest BCUT2D eigenvalue weighted by Gasteiger charge is -2.57. The molecule has 6 aliphatic heterocycles. The van der Waals surface area contributed by atoms with Gasteiger partial charge in [0.05, 0.1) is 51.2 Å². The van der Waals surface area contributed by atoms with E-state index >= 15 is 0 Å². The first kappa shape index (κ1) is 53.9. The fourth-order valence-corrected chi connectivity index (χ4v) is 15.5. The summed E-state index contributed by atoms with van der Waals surface area (Å²) >= 11 is 0. The number of carbonyl (C=O) groups excluding carboxylic acids is 1. The quantitative estimate of drug-likeness (QED) is 0.203. The van der Waals surface area contributed by atoms with E-state index in [4.69, 9.17) is 61.6 Å². The Morgan fingerprint density at radius 1 is 0.438 bits per heavy atom. The van der Waals surface area contributed by atoms with Gasteiger partial charge in [-0.05, 0) is 129 Å². The number of ether oxygens (including phenoxy) is 13. The summed E-state index contributed by atoms with van der Waals surface area (Å²) in [7, 11) is 0. The highest BCUT2D eigenvalue weighted by Gasteiger charge is 2.61. The molecule has 0 aromatic rings. The molecule has 14 rings (SSSR count). The van der Waals surface area contributed by atoms with E-state index in [1.807, 2.05) is 27.7 Å². The van der Waals surface area contributed by atoms with E-state index in [9.17, 15) is 20.1 Å². The first-order valence-corrected chi connectivity index (χ1v) is 29.1. The van der Waals surface area contributed by atoms with Crippen LogP contribution in [0.2, 0.25) is 0 Å². The Hall–Kier alpha value is -1.13. The molecule has 3 N–H and O–H groups in total. The Bertz CT molecular complexity index is 1740. The molecule has 6 saturated heterocycles. The molecule has 8 saturated carbocycles. The highest BCUT2D eigenvalue weighted by molar-refractivity contribution is 5.78. The molecule has 4 spiro atoms. The van der Waals surface area contributed by atoms with Gasteiger partial charge in [-0.2, -0.15) is 0 Å². The second-order valence-electron chi connectivity index (χ2n) is 25.6. The van der Waals surface area contributed by atoms with Gasteiger partial charge < -0.3 is 76.9 Å². The van der Waals surface area contributed by atoms with E-state index in [1.54, 1.807) is 0 Å². The van der Waals surface area contributed by atoms with Gasteiger partial charge in [0.2, 0.25) is 0 Å². The number of rotatable bonds is 8. The standard InChI is InChI=1S/C28H42O7.C17H28O5.C11H20O5/c29-23-19-11-18-12-20(23)15-26(13-18,14-19)25(30)33-24(21-16-31-27(34-21)7-3-1-4-8-27)22-17-32-28(35-22)9-5-2-6-10-28;18-15(13-11-19-16(21-13)7-3-1-4-8-16)14-12-20-17(22-14)9-5-2-6-10-17;1-10(2)13-5-7(15-10)9(12)8-6-14-11(3,4)16-8/h18-24,29H,1-17H2;13-15,18H,1-12H2;7-9,12H,5-6H2,1-4H3. The average molecular weight is 1040 g/mol. The fraction of sp³-hybridized carbons (Fsp3) is 0.982. The summed E-state index contributed by atoms with van der Waals surface area (Å²) in [6.07, 6.45) is 21.8. The van der Waals surface area contributed by atoms with Crippen molar-refractivity contribution in [3.05, 3.63) is 0 Å². The van der Waals surface area contributed by atoms with Gasteiger partial charge in [-0.15, -0.1) is 0 Å². The first-order chi connectivity index (χ1) is 35.0. The molecule has 14 aliphatic rings. The van der Waals surface area contributed by atoms with Crippen LogP contribution in [0.1, 0.15) is 188 Å². The minimum Gasteiger partial charge on any atom is -0.456 e. The summed E-state index contributed by atoms with van der Waals surface area (Å²) in [5.74, 6) is -2.27. The Morgan fingerprint density at radius 3 is 1.10 bits per heavy atom. The lowest BCUT2D eigenvalue weighted by Crippen LogP contribution is -2.58. The maximum Gasteiger partial charge on any atom is 0.312 e. The van der Waals surface area contributed by atoms with Crippen molar-refractivity contribution in [1.82, 2.24) is 0 Å². The summed E-state index contributed by atoms with van der Waals surface area (Å²) < 4.78 is 78.3. The largest absolute Gasteiger partial charge is 0.456 e. The van der Waals surface area contributed by atoms with Crippen LogP contribution in [-0.2, 0) is 66.4 Å². The van der Waals surface area contributed by atoms with Crippen molar-refractivity contribution >= 4 is 5.97 Å². The van der Waals surface area contributed by atoms with Gasteiger partial charge in [0.25, 0.3) is 0 Å². The highest BCUT2D eigenvalue weighted by Crippen LogP contribution is 2.61. The monoisotopic (exact) mass is 1030 g/mol. The van der Waals surface area contributed by atoms with Crippen LogP contribution in [0, 0.1) is 23.2 Å². The van der Waals surface area contributed by atoms with Crippen molar-refractivity contribution in [3.8, 4) is 0 Å². The van der Waals surface area contributed by atoms with E-state index in [0.29, 0.717) is 45.6 Å². The normalized spacial score (nSPS) is 42.3. The lowest BCUT2D eigenvalue weighted by molar-refractivity contribution is -0.230. The number of esters is 1. The van der Waals surface area contributed by atoms with Crippen molar-refractivity contribution in [1.29, 1.82) is 0 Å². The Morgan fingerprint density at radius 2 is 0.753 bits per heavy atom. The predicted molar refractivity (Wildman–Crippen MR) is 260 cm³/mol. The lowest BCUT2D eigenvalue weighted by atomic mass is 9.48. The molecule has 8 atom stereocenters. The van der Waals surface area contributed by atoms with E-state index in [-0.39, 0.29) is 60.5 Å². The molecule has 4 bridgehead atoms. The molecule has 0 amide bonds. The molecule has 0 aromatic carbocycles. The molecule has 14 fully saturated rings. The van der Waals surface area contributed by atoms with Gasteiger partial charge in [-0.3, -0.25) is 4.79 Å². The van der Waals surface area contributed by atoms with Crippen LogP contribution in [0.5, 0.6) is 0 Å². The molecule has 416 valence electrons. The Kier molecular flexibility index (Phi) is 15.9. The van der Waals surface area contributed by atoms with Crippen molar-refractivity contribution in [3.63, 3.8) is 0 Å². The third-order valence-corrected chi connectivity index (χ3v) is 19.2. The maximum absolute atomic E-state index is 14.0. The third-order valence-electron chi connectivity index (χ3n) is 19.2. The summed E-state index contributed by atoms with van der Waals surface area (Å²) in [5, 5.41) is 31.5. The van der Waals surface area contributed by atoms with Crippen LogP contribution in [0.25, 0.3) is 0 Å². The van der Waals surface area contributed by atoms with Gasteiger partial charge in [0.15, 0.2) is 40.8 Å². The van der Waals surface area contributed by atoms with Crippen molar-refractivity contribution < 1.29 is 81.7 Å². The molecular formula is C56H90O17.